The van der Waals surface area contributed by atoms with Crippen LogP contribution in [-0.4, -0.2) is 17.7 Å². The van der Waals surface area contributed by atoms with Crippen LogP contribution in [0.15, 0.2) is 54.6 Å². The van der Waals surface area contributed by atoms with E-state index in [0.717, 1.165) is 16.9 Å². The molecule has 0 fully saturated rings. The van der Waals surface area contributed by atoms with Gasteiger partial charge in [-0.25, -0.2) is 0 Å². The molecule has 0 aliphatic rings. The summed E-state index contributed by atoms with van der Waals surface area (Å²) >= 11 is 0. The summed E-state index contributed by atoms with van der Waals surface area (Å²) in [6.45, 7) is 2.37. The third-order valence-electron chi connectivity index (χ3n) is 3.20. The van der Waals surface area contributed by atoms with Crippen LogP contribution in [0.3, 0.4) is 0 Å². The zero-order chi connectivity index (χ0) is 14.4. The number of hydrogen-bond donors (Lipinski definition) is 1. The Hall–Kier alpha value is -2.29. The van der Waals surface area contributed by atoms with Gasteiger partial charge in [-0.3, -0.25) is 4.79 Å². The van der Waals surface area contributed by atoms with E-state index < -0.39 is 11.9 Å². The largest absolute Gasteiger partial charge is 0.494 e. The molecule has 1 atom stereocenters. The van der Waals surface area contributed by atoms with Gasteiger partial charge in [-0.1, -0.05) is 48.0 Å². The maximum atomic E-state index is 11.4. The van der Waals surface area contributed by atoms with Gasteiger partial charge in [0.15, 0.2) is 0 Å². The average molecular weight is 270 g/mol. The van der Waals surface area contributed by atoms with Crippen molar-refractivity contribution in [1.82, 2.24) is 0 Å². The van der Waals surface area contributed by atoms with Gasteiger partial charge in [-0.05, 0) is 31.0 Å². The fraction of sp³-hybridized carbons (Fsp3) is 0.235. The fourth-order valence-corrected chi connectivity index (χ4v) is 2.04. The maximum absolute atomic E-state index is 11.4. The predicted octanol–water partition coefficient (Wildman–Crippen LogP) is 3.63. The number of para-hydroxylation sites is 1. The smallest absolute Gasteiger partial charge is 0.311 e. The molecule has 0 aliphatic heterocycles. The van der Waals surface area contributed by atoms with Gasteiger partial charge in [0, 0.05) is 0 Å². The van der Waals surface area contributed by atoms with E-state index in [-0.39, 0.29) is 0 Å². The van der Waals surface area contributed by atoms with Crippen molar-refractivity contribution in [3.63, 3.8) is 0 Å². The molecule has 0 bridgehead atoms. The molecular formula is C17H18O3. The number of ether oxygens (including phenoxy) is 1. The molecule has 0 amide bonds. The monoisotopic (exact) mass is 270 g/mol. The Labute approximate surface area is 118 Å². The molecule has 0 aromatic heterocycles. The van der Waals surface area contributed by atoms with Gasteiger partial charge < -0.3 is 9.84 Å². The number of carboxylic acids is 1. The first-order chi connectivity index (χ1) is 9.66. The van der Waals surface area contributed by atoms with Gasteiger partial charge in [0.1, 0.15) is 5.75 Å². The van der Waals surface area contributed by atoms with E-state index >= 15 is 0 Å². The van der Waals surface area contributed by atoms with Crippen molar-refractivity contribution in [2.75, 3.05) is 6.61 Å². The Balaban J connectivity index is 1.96. The van der Waals surface area contributed by atoms with Crippen LogP contribution in [0.5, 0.6) is 5.75 Å². The molecule has 104 valence electrons. The van der Waals surface area contributed by atoms with Crippen molar-refractivity contribution < 1.29 is 14.6 Å². The minimum absolute atomic E-state index is 0.384. The summed E-state index contributed by atoms with van der Waals surface area (Å²) in [7, 11) is 0. The zero-order valence-corrected chi connectivity index (χ0v) is 11.5. The fourth-order valence-electron chi connectivity index (χ4n) is 2.04. The maximum Gasteiger partial charge on any atom is 0.311 e. The van der Waals surface area contributed by atoms with Gasteiger partial charge in [0.2, 0.25) is 0 Å². The minimum Gasteiger partial charge on any atom is -0.494 e. The van der Waals surface area contributed by atoms with Crippen LogP contribution in [0.2, 0.25) is 0 Å². The Morgan fingerprint density at radius 3 is 2.35 bits per heavy atom. The van der Waals surface area contributed by atoms with Crippen LogP contribution in [0.4, 0.5) is 0 Å². The molecule has 2 rings (SSSR count). The van der Waals surface area contributed by atoms with Crippen LogP contribution in [-0.2, 0) is 4.79 Å². The molecule has 3 nitrogen and oxygen atoms in total. The standard InChI is InChI=1S/C17H18O3/c1-13-7-9-14(10-8-13)16(17(18)19)11-12-20-15-5-3-2-4-6-15/h2-10,16H,11-12H2,1H3,(H,18,19). The number of carboxylic acid groups (broad SMARTS) is 1. The summed E-state index contributed by atoms with van der Waals surface area (Å²) in [5.41, 5.74) is 1.94. The normalized spacial score (nSPS) is 11.8. The Morgan fingerprint density at radius 1 is 1.10 bits per heavy atom. The second kappa shape index (κ2) is 6.75. The second-order valence-electron chi connectivity index (χ2n) is 4.75. The number of rotatable bonds is 6. The molecular weight excluding hydrogens is 252 g/mol. The molecule has 1 unspecified atom stereocenters. The topological polar surface area (TPSA) is 46.5 Å². The number of hydrogen-bond acceptors (Lipinski definition) is 2. The molecule has 0 heterocycles. The van der Waals surface area contributed by atoms with Gasteiger partial charge >= 0.3 is 5.97 Å². The summed E-state index contributed by atoms with van der Waals surface area (Å²) in [5, 5.41) is 9.34. The lowest BCUT2D eigenvalue weighted by molar-refractivity contribution is -0.139. The quantitative estimate of drug-likeness (QED) is 0.871. The summed E-state index contributed by atoms with van der Waals surface area (Å²) < 4.78 is 5.57. The van der Waals surface area contributed by atoms with Gasteiger partial charge in [-0.2, -0.15) is 0 Å². The van der Waals surface area contributed by atoms with E-state index in [2.05, 4.69) is 0 Å². The highest BCUT2D eigenvalue weighted by Gasteiger charge is 2.19. The molecule has 0 saturated heterocycles. The van der Waals surface area contributed by atoms with Crippen LogP contribution in [0.25, 0.3) is 0 Å². The van der Waals surface area contributed by atoms with Gasteiger partial charge in [0.05, 0.1) is 12.5 Å². The van der Waals surface area contributed by atoms with E-state index in [1.54, 1.807) is 0 Å². The summed E-state index contributed by atoms with van der Waals surface area (Å²) in [6, 6.07) is 17.0. The Morgan fingerprint density at radius 2 is 1.75 bits per heavy atom. The van der Waals surface area contributed by atoms with Crippen molar-refractivity contribution in [3.8, 4) is 5.75 Å². The molecule has 0 aliphatic carbocycles. The highest BCUT2D eigenvalue weighted by atomic mass is 16.5. The summed E-state index contributed by atoms with van der Waals surface area (Å²) in [6.07, 6.45) is 0.452. The van der Waals surface area contributed by atoms with Gasteiger partial charge in [-0.15, -0.1) is 0 Å². The average Bonchev–Trinajstić information content (AvgIpc) is 2.46. The lowest BCUT2D eigenvalue weighted by Gasteiger charge is -2.13. The number of carbonyl (C=O) groups is 1. The SMILES string of the molecule is Cc1ccc(C(CCOc2ccccc2)C(=O)O)cc1. The second-order valence-corrected chi connectivity index (χ2v) is 4.75. The lowest BCUT2D eigenvalue weighted by Crippen LogP contribution is -2.15. The molecule has 2 aromatic rings. The number of aliphatic carboxylic acids is 1. The van der Waals surface area contributed by atoms with Crippen LogP contribution < -0.4 is 4.74 Å². The molecule has 3 heteroatoms. The number of aryl methyl sites for hydroxylation is 1. The van der Waals surface area contributed by atoms with Crippen LogP contribution in [0.1, 0.15) is 23.5 Å². The van der Waals surface area contributed by atoms with Crippen molar-refractivity contribution in [2.45, 2.75) is 19.3 Å². The Bertz CT molecular complexity index is 546. The first-order valence-corrected chi connectivity index (χ1v) is 6.64. The van der Waals surface area contributed by atoms with E-state index in [1.165, 1.54) is 0 Å². The highest BCUT2D eigenvalue weighted by Crippen LogP contribution is 2.21. The van der Waals surface area contributed by atoms with Gasteiger partial charge in [0.25, 0.3) is 0 Å². The van der Waals surface area contributed by atoms with Crippen molar-refractivity contribution in [1.29, 1.82) is 0 Å². The minimum atomic E-state index is -0.814. The van der Waals surface area contributed by atoms with Crippen molar-refractivity contribution in [3.05, 3.63) is 65.7 Å². The van der Waals surface area contributed by atoms with E-state index in [0.29, 0.717) is 13.0 Å². The molecule has 0 spiro atoms. The third-order valence-corrected chi connectivity index (χ3v) is 3.20. The molecule has 2 aromatic carbocycles. The van der Waals surface area contributed by atoms with Crippen LogP contribution in [0, 0.1) is 6.92 Å². The van der Waals surface area contributed by atoms with E-state index in [9.17, 15) is 9.90 Å². The Kier molecular flexibility index (Phi) is 4.77. The lowest BCUT2D eigenvalue weighted by atomic mass is 9.95. The molecule has 20 heavy (non-hydrogen) atoms. The highest BCUT2D eigenvalue weighted by molar-refractivity contribution is 5.76. The third kappa shape index (κ3) is 3.85. The van der Waals surface area contributed by atoms with Crippen molar-refractivity contribution in [2.24, 2.45) is 0 Å². The van der Waals surface area contributed by atoms with Crippen molar-refractivity contribution >= 4 is 5.97 Å². The first kappa shape index (κ1) is 14.1. The molecule has 0 radical (unpaired) electrons. The first-order valence-electron chi connectivity index (χ1n) is 6.64. The molecule has 1 N–H and O–H groups in total. The molecule has 0 saturated carbocycles. The zero-order valence-electron chi connectivity index (χ0n) is 11.5. The van der Waals surface area contributed by atoms with E-state index in [1.807, 2.05) is 61.5 Å². The summed E-state index contributed by atoms with van der Waals surface area (Å²) in [4.78, 5) is 11.4. The van der Waals surface area contributed by atoms with Crippen LogP contribution >= 0.6 is 0 Å². The predicted molar refractivity (Wildman–Crippen MR) is 78.1 cm³/mol. The summed E-state index contributed by atoms with van der Waals surface area (Å²) in [5.74, 6) is -0.578. The number of benzene rings is 2. The van der Waals surface area contributed by atoms with E-state index in [4.69, 9.17) is 4.74 Å².